The summed E-state index contributed by atoms with van der Waals surface area (Å²) in [6.07, 6.45) is 1.09. The first-order valence-corrected chi connectivity index (χ1v) is 7.51. The molecule has 90 valence electrons. The fraction of sp³-hybridized carbons (Fsp3) is 0.308. The highest BCUT2D eigenvalue weighted by Gasteiger charge is 2.02. The molecule has 0 saturated heterocycles. The topological polar surface area (TPSA) is 12.4 Å². The van der Waals surface area contributed by atoms with Gasteiger partial charge in [0.1, 0.15) is 0 Å². The molecule has 0 radical (unpaired) electrons. The maximum absolute atomic E-state index is 5.94. The summed E-state index contributed by atoms with van der Waals surface area (Å²) in [4.78, 5) is 7.50. The number of aryl methyl sites for hydroxylation is 3. The molecule has 0 spiro atoms. The van der Waals surface area contributed by atoms with Crippen molar-refractivity contribution in [1.82, 2.24) is 0 Å². The Morgan fingerprint density at radius 3 is 2.59 bits per heavy atom. The van der Waals surface area contributed by atoms with Gasteiger partial charge in [-0.25, -0.2) is 4.99 Å². The Balaban J connectivity index is 2.47. The van der Waals surface area contributed by atoms with Crippen LogP contribution in [0.4, 0.5) is 5.69 Å². The average molecular weight is 284 g/mol. The number of hydrogen-bond acceptors (Lipinski definition) is 3. The van der Waals surface area contributed by atoms with Crippen LogP contribution in [-0.2, 0) is 6.42 Å². The molecule has 0 aliphatic rings. The Bertz CT molecular complexity index is 596. The van der Waals surface area contributed by atoms with Crippen LogP contribution in [0, 0.1) is 13.8 Å². The first-order valence-electron chi connectivity index (χ1n) is 5.50. The molecular formula is C13H14ClNS2. The van der Waals surface area contributed by atoms with Gasteiger partial charge >= 0.3 is 0 Å². The highest BCUT2D eigenvalue weighted by Crippen LogP contribution is 2.23. The monoisotopic (exact) mass is 283 g/mol. The van der Waals surface area contributed by atoms with Crippen LogP contribution in [0.25, 0.3) is 0 Å². The molecule has 1 aromatic carbocycles. The first kappa shape index (κ1) is 12.8. The standard InChI is InChI=1S/C13H14ClNS2/c1-4-12-9(3)16-13(17-12)15-11-6-5-10(14)7-8(11)2/h5-7H,4H2,1-3H3/b15-13+. The van der Waals surface area contributed by atoms with Crippen LogP contribution in [0.5, 0.6) is 0 Å². The van der Waals surface area contributed by atoms with E-state index in [9.17, 15) is 0 Å². The SMILES string of the molecule is CCc1s/c(=N/c2ccc(Cl)cc2C)sc1C. The van der Waals surface area contributed by atoms with E-state index in [1.807, 2.05) is 25.1 Å². The van der Waals surface area contributed by atoms with Crippen LogP contribution in [0.3, 0.4) is 0 Å². The first-order chi connectivity index (χ1) is 8.10. The fourth-order valence-corrected chi connectivity index (χ4v) is 4.22. The molecule has 0 amide bonds. The Morgan fingerprint density at radius 1 is 1.24 bits per heavy atom. The summed E-state index contributed by atoms with van der Waals surface area (Å²) in [6, 6.07) is 5.82. The lowest BCUT2D eigenvalue weighted by Crippen LogP contribution is -1.86. The van der Waals surface area contributed by atoms with Crippen LogP contribution in [0.15, 0.2) is 23.2 Å². The molecule has 0 fully saturated rings. The fourth-order valence-electron chi connectivity index (χ4n) is 1.60. The normalized spacial score (nSPS) is 12.1. The average Bonchev–Trinajstić information content (AvgIpc) is 2.63. The minimum atomic E-state index is 0.765. The molecule has 17 heavy (non-hydrogen) atoms. The molecule has 0 atom stereocenters. The maximum atomic E-state index is 5.94. The predicted octanol–water partition coefficient (Wildman–Crippen LogP) is 4.87. The molecule has 4 heteroatoms. The van der Waals surface area contributed by atoms with Crippen LogP contribution in [0.2, 0.25) is 5.02 Å². The second-order valence-electron chi connectivity index (χ2n) is 3.85. The van der Waals surface area contributed by atoms with Gasteiger partial charge in [0.05, 0.1) is 5.69 Å². The molecular weight excluding hydrogens is 270 g/mol. The summed E-state index contributed by atoms with van der Waals surface area (Å²) in [7, 11) is 0. The van der Waals surface area contributed by atoms with E-state index in [1.54, 1.807) is 22.7 Å². The highest BCUT2D eigenvalue weighted by molar-refractivity contribution is 7.27. The summed E-state index contributed by atoms with van der Waals surface area (Å²) in [6.45, 7) is 6.38. The van der Waals surface area contributed by atoms with Gasteiger partial charge in [-0.2, -0.15) is 0 Å². The Hall–Kier alpha value is -0.640. The zero-order valence-corrected chi connectivity index (χ0v) is 12.5. The Kier molecular flexibility index (Phi) is 4.02. The minimum absolute atomic E-state index is 0.765. The van der Waals surface area contributed by atoms with Gasteiger partial charge in [-0.3, -0.25) is 0 Å². The molecule has 1 aromatic heterocycles. The summed E-state index contributed by atoms with van der Waals surface area (Å²) in [5, 5.41) is 0.765. The van der Waals surface area contributed by atoms with E-state index in [0.717, 1.165) is 26.7 Å². The van der Waals surface area contributed by atoms with Gasteiger partial charge in [-0.1, -0.05) is 18.5 Å². The number of hydrogen-bond donors (Lipinski definition) is 0. The second-order valence-corrected chi connectivity index (χ2v) is 6.83. The molecule has 0 saturated carbocycles. The quantitative estimate of drug-likeness (QED) is 0.745. The van der Waals surface area contributed by atoms with Gasteiger partial charge < -0.3 is 0 Å². The number of halogens is 1. The molecule has 0 aliphatic heterocycles. The maximum Gasteiger partial charge on any atom is 0.171 e. The van der Waals surface area contributed by atoms with Crippen molar-refractivity contribution in [3.05, 3.63) is 42.5 Å². The summed E-state index contributed by atoms with van der Waals surface area (Å²) in [5.41, 5.74) is 2.13. The van der Waals surface area contributed by atoms with Gasteiger partial charge in [-0.15, -0.1) is 22.7 Å². The lowest BCUT2D eigenvalue weighted by atomic mass is 10.2. The number of benzene rings is 1. The molecule has 2 rings (SSSR count). The van der Waals surface area contributed by atoms with Gasteiger partial charge in [0, 0.05) is 14.8 Å². The van der Waals surface area contributed by atoms with E-state index in [0.29, 0.717) is 0 Å². The van der Waals surface area contributed by atoms with Crippen molar-refractivity contribution in [2.24, 2.45) is 4.99 Å². The van der Waals surface area contributed by atoms with Gasteiger partial charge in [-0.05, 0) is 44.0 Å². The van der Waals surface area contributed by atoms with Crippen molar-refractivity contribution in [3.63, 3.8) is 0 Å². The van der Waals surface area contributed by atoms with Gasteiger partial charge in [0.25, 0.3) is 0 Å². The van der Waals surface area contributed by atoms with E-state index >= 15 is 0 Å². The lowest BCUT2D eigenvalue weighted by Gasteiger charge is -1.98. The van der Waals surface area contributed by atoms with E-state index in [1.165, 1.54) is 9.75 Å². The Labute approximate surface area is 114 Å². The van der Waals surface area contributed by atoms with Gasteiger partial charge in [0.15, 0.2) is 3.98 Å². The van der Waals surface area contributed by atoms with Crippen LogP contribution in [-0.4, -0.2) is 0 Å². The van der Waals surface area contributed by atoms with Gasteiger partial charge in [0.2, 0.25) is 0 Å². The highest BCUT2D eigenvalue weighted by atomic mass is 35.5. The van der Waals surface area contributed by atoms with Crippen LogP contribution >= 0.6 is 34.3 Å². The Morgan fingerprint density at radius 2 is 2.00 bits per heavy atom. The molecule has 0 unspecified atom stereocenters. The third kappa shape index (κ3) is 2.97. The summed E-state index contributed by atoms with van der Waals surface area (Å²) < 4.78 is 1.12. The van der Waals surface area contributed by atoms with E-state index in [4.69, 9.17) is 11.6 Å². The molecule has 2 aromatic rings. The third-order valence-corrected chi connectivity index (χ3v) is 5.33. The number of nitrogens with zero attached hydrogens (tertiary/aromatic N) is 1. The zero-order valence-electron chi connectivity index (χ0n) is 10.1. The van der Waals surface area contributed by atoms with Crippen molar-refractivity contribution in [2.75, 3.05) is 0 Å². The lowest BCUT2D eigenvalue weighted by molar-refractivity contribution is 1.17. The molecule has 0 bridgehead atoms. The minimum Gasteiger partial charge on any atom is -0.227 e. The zero-order chi connectivity index (χ0) is 12.4. The van der Waals surface area contributed by atoms with Crippen LogP contribution in [0.1, 0.15) is 22.2 Å². The van der Waals surface area contributed by atoms with E-state index in [-0.39, 0.29) is 0 Å². The number of rotatable bonds is 2. The van der Waals surface area contributed by atoms with Crippen molar-refractivity contribution in [2.45, 2.75) is 27.2 Å². The molecule has 1 nitrogen and oxygen atoms in total. The van der Waals surface area contributed by atoms with Crippen molar-refractivity contribution >= 4 is 40.0 Å². The van der Waals surface area contributed by atoms with E-state index < -0.39 is 0 Å². The summed E-state index contributed by atoms with van der Waals surface area (Å²) >= 11 is 9.49. The third-order valence-electron chi connectivity index (χ3n) is 2.54. The molecule has 0 N–H and O–H groups in total. The smallest absolute Gasteiger partial charge is 0.171 e. The van der Waals surface area contributed by atoms with E-state index in [2.05, 4.69) is 18.8 Å². The molecule has 1 heterocycles. The second kappa shape index (κ2) is 5.34. The van der Waals surface area contributed by atoms with Crippen molar-refractivity contribution in [1.29, 1.82) is 0 Å². The largest absolute Gasteiger partial charge is 0.227 e. The predicted molar refractivity (Wildman–Crippen MR) is 77.7 cm³/mol. The van der Waals surface area contributed by atoms with Crippen molar-refractivity contribution in [3.8, 4) is 0 Å². The molecule has 0 aliphatic carbocycles. The summed E-state index contributed by atoms with van der Waals surface area (Å²) in [5.74, 6) is 0. The van der Waals surface area contributed by atoms with Crippen LogP contribution < -0.4 is 3.98 Å². The van der Waals surface area contributed by atoms with Crippen molar-refractivity contribution < 1.29 is 0 Å².